The van der Waals surface area contributed by atoms with E-state index in [1.165, 1.54) is 19.9 Å². The Morgan fingerprint density at radius 3 is 2.32 bits per heavy atom. The highest BCUT2D eigenvalue weighted by Gasteiger charge is 2.40. The van der Waals surface area contributed by atoms with Crippen LogP contribution in [0.4, 0.5) is 19.1 Å². The van der Waals surface area contributed by atoms with E-state index in [0.717, 1.165) is 12.5 Å². The lowest BCUT2D eigenvalue weighted by Gasteiger charge is -2.24. The molecule has 12 heteroatoms. The normalized spacial score (nSPS) is 14.1. The van der Waals surface area contributed by atoms with Crippen molar-refractivity contribution in [3.63, 3.8) is 0 Å². The van der Waals surface area contributed by atoms with E-state index in [0.29, 0.717) is 16.6 Å². The number of alkyl halides is 3. The molecule has 0 amide bonds. The molecule has 1 atom stereocenters. The van der Waals surface area contributed by atoms with Crippen LogP contribution in [0.2, 0.25) is 0 Å². The second-order valence-electron chi connectivity index (χ2n) is 9.08. The summed E-state index contributed by atoms with van der Waals surface area (Å²) >= 11 is 0. The molecule has 8 nitrogen and oxygen atoms in total. The smallest absolute Gasteiger partial charge is 0.392 e. The first kappa shape index (κ1) is 25.9. The molecule has 0 aliphatic rings. The van der Waals surface area contributed by atoms with E-state index in [-0.39, 0.29) is 22.3 Å². The van der Waals surface area contributed by atoms with Crippen molar-refractivity contribution in [1.29, 1.82) is 0 Å². The summed E-state index contributed by atoms with van der Waals surface area (Å²) in [5.74, 6) is -0.405. The van der Waals surface area contributed by atoms with Crippen LogP contribution in [0.25, 0.3) is 10.9 Å². The number of fused-ring (bicyclic) bond motifs is 1. The van der Waals surface area contributed by atoms with E-state index < -0.39 is 45.5 Å². The second kappa shape index (κ2) is 8.82. The molecule has 2 aromatic heterocycles. The summed E-state index contributed by atoms with van der Waals surface area (Å²) in [5.41, 5.74) is -2.16. The summed E-state index contributed by atoms with van der Waals surface area (Å²) in [6.07, 6.45) is -2.80. The second-order valence-corrected chi connectivity index (χ2v) is 11.1. The predicted molar refractivity (Wildman–Crippen MR) is 121 cm³/mol. The molecule has 0 aliphatic carbocycles. The molecule has 1 unspecified atom stereocenters. The lowest BCUT2D eigenvalue weighted by Crippen LogP contribution is -2.26. The lowest BCUT2D eigenvalue weighted by molar-refractivity contribution is -0.144. The van der Waals surface area contributed by atoms with Crippen LogP contribution in [0, 0.1) is 5.92 Å². The molecule has 0 saturated heterocycles. The minimum absolute atomic E-state index is 0.00897. The van der Waals surface area contributed by atoms with Crippen molar-refractivity contribution in [2.75, 3.05) is 11.6 Å². The van der Waals surface area contributed by atoms with Crippen LogP contribution in [-0.4, -0.2) is 39.8 Å². The van der Waals surface area contributed by atoms with Crippen LogP contribution in [0.1, 0.15) is 56.3 Å². The van der Waals surface area contributed by atoms with Crippen LogP contribution in [0.5, 0.6) is 0 Å². The number of sulfone groups is 1. The summed E-state index contributed by atoms with van der Waals surface area (Å²) in [5, 5.41) is 23.3. The first-order valence-corrected chi connectivity index (χ1v) is 12.3. The van der Waals surface area contributed by atoms with Crippen molar-refractivity contribution in [2.24, 2.45) is 5.92 Å². The Balaban J connectivity index is 2.07. The van der Waals surface area contributed by atoms with Crippen LogP contribution >= 0.6 is 0 Å². The third-order valence-corrected chi connectivity index (χ3v) is 6.57. The van der Waals surface area contributed by atoms with E-state index in [1.54, 1.807) is 12.1 Å². The van der Waals surface area contributed by atoms with Gasteiger partial charge in [-0.1, -0.05) is 13.8 Å². The fourth-order valence-electron chi connectivity index (χ4n) is 3.72. The van der Waals surface area contributed by atoms with Gasteiger partial charge in [0, 0.05) is 34.6 Å². The molecule has 0 fully saturated rings. The number of nitrogens with zero attached hydrogens (tertiary/aromatic N) is 2. The number of aromatic amines is 1. The number of hydrogen-bond donors (Lipinski definition) is 4. The van der Waals surface area contributed by atoms with Gasteiger partial charge in [-0.3, -0.25) is 0 Å². The molecular weight excluding hydrogens is 473 g/mol. The quantitative estimate of drug-likeness (QED) is 0.387. The van der Waals surface area contributed by atoms with Crippen LogP contribution in [-0.2, 0) is 28.2 Å². The van der Waals surface area contributed by atoms with Crippen LogP contribution in [0.15, 0.2) is 29.3 Å². The number of aromatic nitrogens is 3. The van der Waals surface area contributed by atoms with Gasteiger partial charge in [0.1, 0.15) is 0 Å². The van der Waals surface area contributed by atoms with Gasteiger partial charge in [-0.05, 0) is 43.5 Å². The zero-order valence-corrected chi connectivity index (χ0v) is 20.1. The molecule has 2 heterocycles. The minimum Gasteiger partial charge on any atom is -0.392 e. The van der Waals surface area contributed by atoms with Gasteiger partial charge < -0.3 is 20.5 Å². The topological polar surface area (TPSA) is 128 Å². The molecule has 1 aromatic carbocycles. The highest BCUT2D eigenvalue weighted by atomic mass is 32.2. The summed E-state index contributed by atoms with van der Waals surface area (Å²) in [7, 11) is -3.59. The third-order valence-electron chi connectivity index (χ3n) is 5.40. The molecule has 4 N–H and O–H groups in total. The summed E-state index contributed by atoms with van der Waals surface area (Å²) in [6, 6.07) is 4.15. The first-order valence-electron chi connectivity index (χ1n) is 10.4. The molecule has 0 saturated carbocycles. The highest BCUT2D eigenvalue weighted by Crippen LogP contribution is 2.36. The summed E-state index contributed by atoms with van der Waals surface area (Å²) in [6.45, 7) is 5.67. The predicted octanol–water partition coefficient (Wildman–Crippen LogP) is 3.91. The Hall–Kier alpha value is -2.70. The van der Waals surface area contributed by atoms with Gasteiger partial charge in [0.2, 0.25) is 5.95 Å². The molecule has 3 rings (SSSR count). The zero-order chi connectivity index (χ0) is 25.6. The molecule has 3 aromatic rings. The van der Waals surface area contributed by atoms with Gasteiger partial charge in [-0.2, -0.15) is 13.2 Å². The van der Waals surface area contributed by atoms with E-state index in [2.05, 4.69) is 20.3 Å². The Kier molecular flexibility index (Phi) is 6.72. The number of hydrogen-bond acceptors (Lipinski definition) is 7. The summed E-state index contributed by atoms with van der Waals surface area (Å²) in [4.78, 5) is 10.7. The number of halogens is 3. The average molecular weight is 501 g/mol. The minimum atomic E-state index is -4.80. The standard InChI is InChI=1S/C22H27F3N4O4S/c1-11(2)18(28-20-26-9-14(21(3,4)31)19(29-20)22(23,24)25)16-7-12-6-13(10-30)17(34(5,32)33)8-15(12)27-16/h6-9,11,18,27,30-31H,10H2,1-5H3,(H,26,28,29). The Labute approximate surface area is 195 Å². The van der Waals surface area contributed by atoms with Crippen LogP contribution in [0.3, 0.4) is 0 Å². The van der Waals surface area contributed by atoms with E-state index in [1.807, 2.05) is 13.8 Å². The molecule has 0 radical (unpaired) electrons. The Morgan fingerprint density at radius 1 is 1.18 bits per heavy atom. The van der Waals surface area contributed by atoms with Crippen molar-refractivity contribution >= 4 is 26.7 Å². The van der Waals surface area contributed by atoms with Gasteiger partial charge >= 0.3 is 6.18 Å². The maximum absolute atomic E-state index is 13.6. The van der Waals surface area contributed by atoms with Gasteiger partial charge in [-0.15, -0.1) is 0 Å². The van der Waals surface area contributed by atoms with Crippen molar-refractivity contribution in [2.45, 2.75) is 57.0 Å². The van der Waals surface area contributed by atoms with Gasteiger partial charge in [-0.25, -0.2) is 18.4 Å². The van der Waals surface area contributed by atoms with Crippen molar-refractivity contribution in [1.82, 2.24) is 15.0 Å². The van der Waals surface area contributed by atoms with Crippen LogP contribution < -0.4 is 5.32 Å². The molecule has 186 valence electrons. The molecule has 34 heavy (non-hydrogen) atoms. The van der Waals surface area contributed by atoms with E-state index in [4.69, 9.17) is 0 Å². The van der Waals surface area contributed by atoms with E-state index >= 15 is 0 Å². The maximum atomic E-state index is 13.6. The van der Waals surface area contributed by atoms with Gasteiger partial charge in [0.15, 0.2) is 15.5 Å². The molecule has 0 bridgehead atoms. The lowest BCUT2D eigenvalue weighted by atomic mass is 9.98. The van der Waals surface area contributed by atoms with Gasteiger partial charge in [0.25, 0.3) is 0 Å². The number of anilines is 1. The zero-order valence-electron chi connectivity index (χ0n) is 19.3. The largest absolute Gasteiger partial charge is 0.433 e. The van der Waals surface area contributed by atoms with Crippen molar-refractivity contribution in [3.05, 3.63) is 46.9 Å². The monoisotopic (exact) mass is 500 g/mol. The maximum Gasteiger partial charge on any atom is 0.433 e. The van der Waals surface area contributed by atoms with Gasteiger partial charge in [0.05, 0.1) is 23.1 Å². The van der Waals surface area contributed by atoms with E-state index in [9.17, 15) is 31.8 Å². The number of aliphatic hydroxyl groups is 2. The summed E-state index contributed by atoms with van der Waals surface area (Å²) < 4.78 is 65.0. The number of H-pyrrole nitrogens is 1. The number of aliphatic hydroxyl groups excluding tert-OH is 1. The average Bonchev–Trinajstić information content (AvgIpc) is 3.11. The Bertz CT molecular complexity index is 1310. The number of rotatable bonds is 7. The molecule has 0 spiro atoms. The number of benzene rings is 1. The van der Waals surface area contributed by atoms with Crippen molar-refractivity contribution < 1.29 is 31.8 Å². The highest BCUT2D eigenvalue weighted by molar-refractivity contribution is 7.90. The molecule has 0 aliphatic heterocycles. The first-order chi connectivity index (χ1) is 15.5. The van der Waals surface area contributed by atoms with Crippen molar-refractivity contribution in [3.8, 4) is 0 Å². The number of nitrogens with one attached hydrogen (secondary N) is 2. The Morgan fingerprint density at radius 2 is 1.82 bits per heavy atom. The third kappa shape index (κ3) is 5.34. The fraction of sp³-hybridized carbons (Fsp3) is 0.455. The fourth-order valence-corrected chi connectivity index (χ4v) is 4.66. The SMILES string of the molecule is CC(C)C(Nc1ncc(C(C)(C)O)c(C(F)(F)F)n1)c1cc2cc(CO)c(S(C)(=O)=O)cc2[nH]1. The molecular formula is C22H27F3N4O4S.